The first-order chi connectivity index (χ1) is 25.7. The summed E-state index contributed by atoms with van der Waals surface area (Å²) in [7, 11) is 0. The molecular formula is C49H56N2O. The molecule has 1 saturated heterocycles. The number of aryl methyl sites for hydroxylation is 2. The van der Waals surface area contributed by atoms with E-state index in [9.17, 15) is 0 Å². The van der Waals surface area contributed by atoms with Crippen LogP contribution in [-0.2, 0) is 12.8 Å². The van der Waals surface area contributed by atoms with Gasteiger partial charge in [0.1, 0.15) is 11.5 Å². The SMILES string of the molecule is CC12CC(N(C3=CCCc4oc5c(c43)C=CCC5)C3CC=CC(c4ccccc4)C3)C=CC1N(C1C=CCCC1)C1CC(C3C=CC=CC3)C=CC12. The van der Waals surface area contributed by atoms with E-state index in [-0.39, 0.29) is 5.41 Å². The van der Waals surface area contributed by atoms with E-state index in [2.05, 4.69) is 138 Å². The molecule has 10 rings (SSSR count). The Morgan fingerprint density at radius 3 is 2.58 bits per heavy atom. The number of rotatable bonds is 6. The zero-order valence-electron chi connectivity index (χ0n) is 31.0. The van der Waals surface area contributed by atoms with E-state index in [0.717, 1.165) is 38.5 Å². The zero-order valence-corrected chi connectivity index (χ0v) is 31.0. The molecule has 1 fully saturated rings. The van der Waals surface area contributed by atoms with Crippen LogP contribution in [0.3, 0.4) is 0 Å². The van der Waals surface area contributed by atoms with E-state index < -0.39 is 0 Å². The molecule has 0 amide bonds. The summed E-state index contributed by atoms with van der Waals surface area (Å²) in [5, 5.41) is 0. The van der Waals surface area contributed by atoms with Crippen LogP contribution in [0.15, 0.2) is 120 Å². The first-order valence-electron chi connectivity index (χ1n) is 20.8. The van der Waals surface area contributed by atoms with E-state index >= 15 is 0 Å². The first-order valence-corrected chi connectivity index (χ1v) is 20.8. The molecule has 1 aromatic carbocycles. The number of furan rings is 1. The highest BCUT2D eigenvalue weighted by molar-refractivity contribution is 5.78. The molecule has 268 valence electrons. The lowest BCUT2D eigenvalue weighted by Crippen LogP contribution is -2.51. The second-order valence-corrected chi connectivity index (χ2v) is 17.4. The Morgan fingerprint density at radius 2 is 1.71 bits per heavy atom. The first kappa shape index (κ1) is 32.8. The predicted octanol–water partition coefficient (Wildman–Crippen LogP) is 11.2. The van der Waals surface area contributed by atoms with Crippen LogP contribution in [0.4, 0.5) is 0 Å². The Balaban J connectivity index is 1.05. The number of allylic oxidation sites excluding steroid dienone is 9. The third-order valence-electron chi connectivity index (χ3n) is 14.4. The molecule has 0 radical (unpaired) electrons. The molecule has 3 nitrogen and oxygen atoms in total. The minimum Gasteiger partial charge on any atom is -0.465 e. The van der Waals surface area contributed by atoms with Crippen molar-refractivity contribution in [2.24, 2.45) is 23.2 Å². The van der Waals surface area contributed by atoms with Gasteiger partial charge in [-0.15, -0.1) is 0 Å². The number of likely N-dealkylation sites (tertiary alicyclic amines) is 1. The van der Waals surface area contributed by atoms with Gasteiger partial charge in [-0.25, -0.2) is 0 Å². The molecule has 3 heteroatoms. The fourth-order valence-corrected chi connectivity index (χ4v) is 12.0. The molecule has 2 aromatic rings. The minimum absolute atomic E-state index is 0.161. The van der Waals surface area contributed by atoms with E-state index in [1.165, 1.54) is 72.4 Å². The number of hydrogen-bond acceptors (Lipinski definition) is 3. The van der Waals surface area contributed by atoms with Crippen molar-refractivity contribution in [2.45, 2.75) is 120 Å². The van der Waals surface area contributed by atoms with Gasteiger partial charge in [0.05, 0.1) is 0 Å². The lowest BCUT2D eigenvalue weighted by Gasteiger charge is -2.50. The van der Waals surface area contributed by atoms with Crippen LogP contribution in [0.2, 0.25) is 0 Å². The summed E-state index contributed by atoms with van der Waals surface area (Å²) in [6.45, 7) is 2.68. The van der Waals surface area contributed by atoms with Gasteiger partial charge in [-0.05, 0) is 92.9 Å². The number of fused-ring (bicyclic) bond motifs is 6. The summed E-state index contributed by atoms with van der Waals surface area (Å²) in [6, 6.07) is 13.6. The highest BCUT2D eigenvalue weighted by Crippen LogP contribution is 2.58. The minimum atomic E-state index is 0.161. The average Bonchev–Trinajstić information content (AvgIpc) is 3.71. The third-order valence-corrected chi connectivity index (χ3v) is 14.4. The second-order valence-electron chi connectivity index (χ2n) is 17.4. The fraction of sp³-hybridized carbons (Fsp3) is 0.469. The summed E-state index contributed by atoms with van der Waals surface area (Å²) >= 11 is 0. The molecule has 1 aliphatic heterocycles. The zero-order chi connectivity index (χ0) is 34.6. The lowest BCUT2D eigenvalue weighted by atomic mass is 9.63. The van der Waals surface area contributed by atoms with Gasteiger partial charge in [-0.1, -0.05) is 128 Å². The molecule has 10 unspecified atom stereocenters. The van der Waals surface area contributed by atoms with Gasteiger partial charge in [0.15, 0.2) is 0 Å². The van der Waals surface area contributed by atoms with Crippen LogP contribution in [-0.4, -0.2) is 40.0 Å². The maximum atomic E-state index is 6.69. The van der Waals surface area contributed by atoms with Gasteiger partial charge in [0.25, 0.3) is 0 Å². The Hall–Kier alpha value is -3.82. The van der Waals surface area contributed by atoms with Gasteiger partial charge < -0.3 is 9.32 Å². The van der Waals surface area contributed by atoms with Crippen LogP contribution < -0.4 is 0 Å². The molecule has 0 bridgehead atoms. The molecule has 2 heterocycles. The summed E-state index contributed by atoms with van der Waals surface area (Å²) in [6.07, 6.45) is 51.4. The van der Waals surface area contributed by atoms with Crippen LogP contribution in [0.5, 0.6) is 0 Å². The predicted molar refractivity (Wildman–Crippen MR) is 215 cm³/mol. The van der Waals surface area contributed by atoms with Gasteiger partial charge >= 0.3 is 0 Å². The summed E-state index contributed by atoms with van der Waals surface area (Å²) in [5.41, 5.74) is 5.80. The van der Waals surface area contributed by atoms with Crippen LogP contribution in [0.25, 0.3) is 11.8 Å². The number of benzene rings is 1. The smallest absolute Gasteiger partial charge is 0.114 e. The summed E-state index contributed by atoms with van der Waals surface area (Å²) < 4.78 is 6.69. The highest BCUT2D eigenvalue weighted by atomic mass is 16.3. The van der Waals surface area contributed by atoms with Crippen molar-refractivity contribution in [3.8, 4) is 0 Å². The third kappa shape index (κ3) is 5.56. The Labute approximate surface area is 311 Å². The van der Waals surface area contributed by atoms with Crippen molar-refractivity contribution < 1.29 is 4.42 Å². The van der Waals surface area contributed by atoms with Gasteiger partial charge in [-0.3, -0.25) is 4.90 Å². The van der Waals surface area contributed by atoms with E-state index in [4.69, 9.17) is 4.42 Å². The topological polar surface area (TPSA) is 19.6 Å². The molecular weight excluding hydrogens is 633 g/mol. The molecule has 52 heavy (non-hydrogen) atoms. The van der Waals surface area contributed by atoms with Crippen molar-refractivity contribution in [2.75, 3.05) is 0 Å². The molecule has 0 spiro atoms. The lowest BCUT2D eigenvalue weighted by molar-refractivity contribution is 0.0991. The van der Waals surface area contributed by atoms with Crippen molar-refractivity contribution >= 4 is 11.8 Å². The summed E-state index contributed by atoms with van der Waals surface area (Å²) in [5.74, 6) is 4.67. The van der Waals surface area contributed by atoms with Crippen LogP contribution >= 0.6 is 0 Å². The van der Waals surface area contributed by atoms with Crippen molar-refractivity contribution in [3.63, 3.8) is 0 Å². The maximum absolute atomic E-state index is 6.69. The largest absolute Gasteiger partial charge is 0.465 e. The standard InChI is InChI=1S/C49H56N2O/c1-49-33-40(28-30-47(49)51(38-20-9-4-10-21-38)44-32-37(27-29-42(44)49)35-17-7-3-8-18-35)50(39-22-13-19-36(31-39)34-15-5-2-6-16-34)43-24-14-26-46-48(43)41-23-11-12-25-45(41)52-46/h2-3,5-9,11,13,15-17,19-20,23-24,27-30,35-40,42,44,47H,4,10,12,14,18,21-22,25-26,31-33H2,1H3. The second kappa shape index (κ2) is 13.5. The molecule has 1 aromatic heterocycles. The molecule has 0 saturated carbocycles. The van der Waals surface area contributed by atoms with Crippen LogP contribution in [0, 0.1) is 23.2 Å². The molecule has 0 N–H and O–H groups in total. The van der Waals surface area contributed by atoms with Gasteiger partial charge in [0, 0.05) is 65.8 Å². The van der Waals surface area contributed by atoms with Crippen molar-refractivity contribution in [1.82, 2.24) is 9.80 Å². The Kier molecular flexibility index (Phi) is 8.55. The van der Waals surface area contributed by atoms with Crippen molar-refractivity contribution in [1.29, 1.82) is 0 Å². The van der Waals surface area contributed by atoms with Gasteiger partial charge in [0.2, 0.25) is 0 Å². The Morgan fingerprint density at radius 1 is 0.788 bits per heavy atom. The normalized spacial score (nSPS) is 37.3. The number of hydrogen-bond donors (Lipinski definition) is 0. The quantitative estimate of drug-likeness (QED) is 0.282. The maximum Gasteiger partial charge on any atom is 0.114 e. The molecule has 7 aliphatic carbocycles. The molecule has 8 aliphatic rings. The Bertz CT molecular complexity index is 1900. The molecule has 10 atom stereocenters. The van der Waals surface area contributed by atoms with Crippen molar-refractivity contribution in [3.05, 3.63) is 144 Å². The average molecular weight is 689 g/mol. The fourth-order valence-electron chi connectivity index (χ4n) is 12.0. The van der Waals surface area contributed by atoms with Crippen LogP contribution in [0.1, 0.15) is 105 Å². The van der Waals surface area contributed by atoms with E-state index in [1.807, 2.05) is 0 Å². The van der Waals surface area contributed by atoms with E-state index in [1.54, 1.807) is 0 Å². The highest BCUT2D eigenvalue weighted by Gasteiger charge is 2.59. The van der Waals surface area contributed by atoms with E-state index in [0.29, 0.717) is 53.9 Å². The summed E-state index contributed by atoms with van der Waals surface area (Å²) in [4.78, 5) is 5.96. The monoisotopic (exact) mass is 688 g/mol. The number of nitrogens with zero attached hydrogens (tertiary/aromatic N) is 2. The van der Waals surface area contributed by atoms with Gasteiger partial charge in [-0.2, -0.15) is 0 Å².